The van der Waals surface area contributed by atoms with Crippen molar-refractivity contribution in [3.63, 3.8) is 0 Å². The van der Waals surface area contributed by atoms with Crippen LogP contribution in [-0.4, -0.2) is 30.6 Å². The molecule has 0 amide bonds. The molecule has 0 aliphatic rings. The molecular formula is C13H20ClFN2. The quantitative estimate of drug-likeness (QED) is 0.900. The van der Waals surface area contributed by atoms with Gasteiger partial charge in [0.1, 0.15) is 5.82 Å². The molecular weight excluding hydrogens is 239 g/mol. The van der Waals surface area contributed by atoms with Gasteiger partial charge in [-0.2, -0.15) is 0 Å². The Bertz CT molecular complexity index is 391. The number of hydrogen-bond acceptors (Lipinski definition) is 2. The summed E-state index contributed by atoms with van der Waals surface area (Å²) in [7, 11) is 3.93. The average molecular weight is 259 g/mol. The number of nitrogens with zero attached hydrogens (tertiary/aromatic N) is 1. The standard InChI is InChI=1S/C13H20ClFN2/c1-13(2,17(3)4)12(16)8-9-7-10(14)5-6-11(9)15/h5-7,12H,8,16H2,1-4H3. The van der Waals surface area contributed by atoms with E-state index in [-0.39, 0.29) is 17.4 Å². The predicted octanol–water partition coefficient (Wildman–Crippen LogP) is 2.69. The smallest absolute Gasteiger partial charge is 0.126 e. The number of halogens is 2. The topological polar surface area (TPSA) is 29.3 Å². The zero-order valence-electron chi connectivity index (χ0n) is 10.8. The summed E-state index contributed by atoms with van der Waals surface area (Å²) in [4.78, 5) is 2.04. The second-order valence-corrected chi connectivity index (χ2v) is 5.53. The third-order valence-corrected chi connectivity index (χ3v) is 3.74. The third-order valence-electron chi connectivity index (χ3n) is 3.51. The zero-order valence-corrected chi connectivity index (χ0v) is 11.6. The first-order valence-electron chi connectivity index (χ1n) is 5.62. The first-order valence-corrected chi connectivity index (χ1v) is 6.00. The maximum Gasteiger partial charge on any atom is 0.126 e. The molecule has 0 spiro atoms. The molecule has 1 unspecified atom stereocenters. The maximum atomic E-state index is 13.6. The van der Waals surface area contributed by atoms with E-state index in [0.29, 0.717) is 17.0 Å². The Hall–Kier alpha value is -0.640. The summed E-state index contributed by atoms with van der Waals surface area (Å²) < 4.78 is 13.6. The highest BCUT2D eigenvalue weighted by molar-refractivity contribution is 6.30. The van der Waals surface area contributed by atoms with Crippen molar-refractivity contribution in [2.45, 2.75) is 31.8 Å². The van der Waals surface area contributed by atoms with Crippen LogP contribution in [0.4, 0.5) is 4.39 Å². The van der Waals surface area contributed by atoms with Gasteiger partial charge in [-0.3, -0.25) is 0 Å². The zero-order chi connectivity index (χ0) is 13.2. The van der Waals surface area contributed by atoms with Gasteiger partial charge in [-0.1, -0.05) is 11.6 Å². The number of benzene rings is 1. The van der Waals surface area contributed by atoms with Crippen molar-refractivity contribution < 1.29 is 4.39 Å². The molecule has 1 aromatic carbocycles. The molecule has 1 aromatic rings. The summed E-state index contributed by atoms with van der Waals surface area (Å²) >= 11 is 5.86. The Morgan fingerprint density at radius 3 is 2.53 bits per heavy atom. The third kappa shape index (κ3) is 3.41. The number of likely N-dealkylation sites (N-methyl/N-ethyl adjacent to an activating group) is 1. The lowest BCUT2D eigenvalue weighted by Crippen LogP contribution is -2.54. The molecule has 0 aliphatic heterocycles. The van der Waals surface area contributed by atoms with Gasteiger partial charge in [0, 0.05) is 16.6 Å². The molecule has 0 saturated heterocycles. The highest BCUT2D eigenvalue weighted by Gasteiger charge is 2.29. The van der Waals surface area contributed by atoms with Crippen LogP contribution in [0.15, 0.2) is 18.2 Å². The molecule has 1 atom stereocenters. The first kappa shape index (κ1) is 14.4. The van der Waals surface area contributed by atoms with Gasteiger partial charge in [0.05, 0.1) is 0 Å². The number of nitrogens with two attached hydrogens (primary N) is 1. The van der Waals surface area contributed by atoms with Crippen LogP contribution in [0.1, 0.15) is 19.4 Å². The van der Waals surface area contributed by atoms with Crippen LogP contribution < -0.4 is 5.73 Å². The van der Waals surface area contributed by atoms with Gasteiger partial charge in [0.2, 0.25) is 0 Å². The Labute approximate surface area is 108 Å². The summed E-state index contributed by atoms with van der Waals surface area (Å²) in [6, 6.07) is 4.41. The van der Waals surface area contributed by atoms with E-state index in [2.05, 4.69) is 0 Å². The molecule has 4 heteroatoms. The van der Waals surface area contributed by atoms with Crippen LogP contribution in [0.25, 0.3) is 0 Å². The average Bonchev–Trinajstić information content (AvgIpc) is 2.23. The Morgan fingerprint density at radius 2 is 2.00 bits per heavy atom. The molecule has 1 rings (SSSR count). The van der Waals surface area contributed by atoms with Crippen LogP contribution in [-0.2, 0) is 6.42 Å². The number of rotatable bonds is 4. The van der Waals surface area contributed by atoms with Crippen molar-refractivity contribution >= 4 is 11.6 Å². The van der Waals surface area contributed by atoms with E-state index in [1.165, 1.54) is 6.07 Å². The van der Waals surface area contributed by atoms with Crippen molar-refractivity contribution in [1.29, 1.82) is 0 Å². The molecule has 0 saturated carbocycles. The van der Waals surface area contributed by atoms with Gasteiger partial charge < -0.3 is 10.6 Å². The summed E-state index contributed by atoms with van der Waals surface area (Å²) in [5.41, 5.74) is 6.52. The van der Waals surface area contributed by atoms with E-state index in [0.717, 1.165) is 0 Å². The van der Waals surface area contributed by atoms with Crippen molar-refractivity contribution in [2.24, 2.45) is 5.73 Å². The van der Waals surface area contributed by atoms with E-state index < -0.39 is 0 Å². The lowest BCUT2D eigenvalue weighted by molar-refractivity contribution is 0.157. The predicted molar refractivity (Wildman–Crippen MR) is 70.9 cm³/mol. The Morgan fingerprint density at radius 1 is 1.41 bits per heavy atom. The molecule has 0 aliphatic carbocycles. The minimum Gasteiger partial charge on any atom is -0.326 e. The summed E-state index contributed by atoms with van der Waals surface area (Å²) in [5.74, 6) is -0.251. The summed E-state index contributed by atoms with van der Waals surface area (Å²) in [6.07, 6.45) is 0.470. The van der Waals surface area contributed by atoms with E-state index in [1.54, 1.807) is 12.1 Å². The number of hydrogen-bond donors (Lipinski definition) is 1. The fourth-order valence-corrected chi connectivity index (χ4v) is 1.71. The molecule has 0 fully saturated rings. The lowest BCUT2D eigenvalue weighted by Gasteiger charge is -2.38. The van der Waals surface area contributed by atoms with Crippen molar-refractivity contribution in [2.75, 3.05) is 14.1 Å². The van der Waals surface area contributed by atoms with Gasteiger partial charge in [-0.05, 0) is 58.1 Å². The largest absolute Gasteiger partial charge is 0.326 e. The van der Waals surface area contributed by atoms with Crippen LogP contribution in [0, 0.1) is 5.82 Å². The van der Waals surface area contributed by atoms with E-state index >= 15 is 0 Å². The van der Waals surface area contributed by atoms with Crippen molar-refractivity contribution in [3.8, 4) is 0 Å². The van der Waals surface area contributed by atoms with Gasteiger partial charge in [0.25, 0.3) is 0 Å². The fourth-order valence-electron chi connectivity index (χ4n) is 1.52. The lowest BCUT2D eigenvalue weighted by atomic mass is 9.89. The monoisotopic (exact) mass is 258 g/mol. The minimum absolute atomic E-state index is 0.162. The Kier molecular flexibility index (Phi) is 4.53. The molecule has 0 bridgehead atoms. The highest BCUT2D eigenvalue weighted by Crippen LogP contribution is 2.21. The molecule has 2 nitrogen and oxygen atoms in total. The van der Waals surface area contributed by atoms with Gasteiger partial charge >= 0.3 is 0 Å². The molecule has 96 valence electrons. The van der Waals surface area contributed by atoms with Crippen LogP contribution in [0.3, 0.4) is 0 Å². The van der Waals surface area contributed by atoms with Crippen molar-refractivity contribution in [1.82, 2.24) is 4.90 Å². The minimum atomic E-state index is -0.251. The molecule has 17 heavy (non-hydrogen) atoms. The van der Waals surface area contributed by atoms with E-state index in [1.807, 2.05) is 32.8 Å². The van der Waals surface area contributed by atoms with E-state index in [4.69, 9.17) is 17.3 Å². The molecule has 2 N–H and O–H groups in total. The fraction of sp³-hybridized carbons (Fsp3) is 0.538. The normalized spacial score (nSPS) is 14.1. The molecule has 0 heterocycles. The second kappa shape index (κ2) is 5.34. The van der Waals surface area contributed by atoms with Gasteiger partial charge in [-0.25, -0.2) is 4.39 Å². The molecule has 0 radical (unpaired) electrons. The SMILES string of the molecule is CN(C)C(C)(C)C(N)Cc1cc(Cl)ccc1F. The van der Waals surface area contributed by atoms with Gasteiger partial charge in [-0.15, -0.1) is 0 Å². The van der Waals surface area contributed by atoms with Crippen LogP contribution >= 0.6 is 11.6 Å². The molecule has 0 aromatic heterocycles. The maximum absolute atomic E-state index is 13.6. The Balaban J connectivity index is 2.88. The van der Waals surface area contributed by atoms with Gasteiger partial charge in [0.15, 0.2) is 0 Å². The summed E-state index contributed by atoms with van der Waals surface area (Å²) in [6.45, 7) is 4.08. The van der Waals surface area contributed by atoms with Crippen LogP contribution in [0.2, 0.25) is 5.02 Å². The van der Waals surface area contributed by atoms with Crippen LogP contribution in [0.5, 0.6) is 0 Å². The van der Waals surface area contributed by atoms with E-state index in [9.17, 15) is 4.39 Å². The highest BCUT2D eigenvalue weighted by atomic mass is 35.5. The summed E-state index contributed by atoms with van der Waals surface area (Å²) in [5, 5.41) is 0.538. The van der Waals surface area contributed by atoms with Crippen molar-refractivity contribution in [3.05, 3.63) is 34.6 Å². The second-order valence-electron chi connectivity index (χ2n) is 5.09. The first-order chi connectivity index (χ1) is 7.75.